The quantitative estimate of drug-likeness (QED) is 0.150. The summed E-state index contributed by atoms with van der Waals surface area (Å²) in [4.78, 5) is 4.66. The van der Waals surface area contributed by atoms with Crippen molar-refractivity contribution < 1.29 is 8.78 Å². The molecule has 0 saturated heterocycles. The molecule has 0 N–H and O–H groups in total. The van der Waals surface area contributed by atoms with E-state index >= 15 is 8.78 Å². The Labute approximate surface area is 409 Å². The molecule has 10 aromatic rings. The maximum atomic E-state index is 16.9. The first kappa shape index (κ1) is 43.2. The molecule has 0 aromatic heterocycles. The molecule has 0 spiro atoms. The largest absolute Gasteiger partial charge is 0.310 e. The van der Waals surface area contributed by atoms with E-state index in [0.717, 1.165) is 112 Å². The van der Waals surface area contributed by atoms with Crippen LogP contribution in [0.5, 0.6) is 0 Å². The number of anilines is 6. The standard InChI is InChI=1S/C66H52F2N2/c1-41-21-13-19-31-59(41)69(43-23-9-7-10-24-43)45-33-35-47-53(37-45)65(3,4)55-39-51-52(61(63(47)55)49-27-15-17-29-57(49)67)40-56-64(62(51)50-28-16-18-30-58(50)68)48-36-34-46(38-54(48)66(56,5)6)70(44-25-11-8-12-26-44)60-32-20-14-22-42(60)2/h7-40H,1-6H3. The summed E-state index contributed by atoms with van der Waals surface area (Å²) in [6.07, 6.45) is 0. The minimum Gasteiger partial charge on any atom is -0.310 e. The summed E-state index contributed by atoms with van der Waals surface area (Å²) in [5, 5.41) is 1.79. The molecule has 0 fully saturated rings. The number of fused-ring (bicyclic) bond motifs is 7. The van der Waals surface area contributed by atoms with Crippen molar-refractivity contribution in [1.29, 1.82) is 0 Å². The van der Waals surface area contributed by atoms with Crippen molar-refractivity contribution in [3.63, 3.8) is 0 Å². The fourth-order valence-corrected chi connectivity index (χ4v) is 11.7. The monoisotopic (exact) mass is 910 g/mol. The van der Waals surface area contributed by atoms with Gasteiger partial charge in [0.2, 0.25) is 0 Å². The third-order valence-corrected chi connectivity index (χ3v) is 15.2. The molecule has 0 unspecified atom stereocenters. The van der Waals surface area contributed by atoms with Crippen molar-refractivity contribution in [3.8, 4) is 44.5 Å². The fraction of sp³-hybridized carbons (Fsp3) is 0.121. The lowest BCUT2D eigenvalue weighted by Crippen LogP contribution is -2.17. The topological polar surface area (TPSA) is 6.48 Å². The van der Waals surface area contributed by atoms with Gasteiger partial charge in [-0.1, -0.05) is 149 Å². The third-order valence-electron chi connectivity index (χ3n) is 15.2. The van der Waals surface area contributed by atoms with Crippen LogP contribution in [-0.2, 0) is 10.8 Å². The van der Waals surface area contributed by atoms with Crippen LogP contribution < -0.4 is 9.80 Å². The van der Waals surface area contributed by atoms with Crippen LogP contribution in [0.15, 0.2) is 206 Å². The molecule has 0 atom stereocenters. The smallest absolute Gasteiger partial charge is 0.131 e. The molecule has 0 aliphatic heterocycles. The van der Waals surface area contributed by atoms with Gasteiger partial charge in [0.1, 0.15) is 11.6 Å². The molecule has 0 bridgehead atoms. The first-order valence-electron chi connectivity index (χ1n) is 24.2. The van der Waals surface area contributed by atoms with Crippen molar-refractivity contribution >= 4 is 44.9 Å². The summed E-state index contributed by atoms with van der Waals surface area (Å²) in [7, 11) is 0. The van der Waals surface area contributed by atoms with Gasteiger partial charge in [0.15, 0.2) is 0 Å². The number of hydrogen-bond acceptors (Lipinski definition) is 2. The van der Waals surface area contributed by atoms with Gasteiger partial charge in [-0.25, -0.2) is 8.78 Å². The maximum Gasteiger partial charge on any atom is 0.131 e. The highest BCUT2D eigenvalue weighted by molar-refractivity contribution is 6.17. The number of nitrogens with zero attached hydrogens (tertiary/aromatic N) is 2. The van der Waals surface area contributed by atoms with Gasteiger partial charge < -0.3 is 9.80 Å². The highest BCUT2D eigenvalue weighted by atomic mass is 19.1. The van der Waals surface area contributed by atoms with Crippen LogP contribution in [0.25, 0.3) is 55.3 Å². The van der Waals surface area contributed by atoms with E-state index in [-0.39, 0.29) is 11.6 Å². The zero-order valence-electron chi connectivity index (χ0n) is 40.3. The molecule has 70 heavy (non-hydrogen) atoms. The second kappa shape index (κ2) is 16.3. The van der Waals surface area contributed by atoms with Gasteiger partial charge in [-0.15, -0.1) is 0 Å². The normalized spacial score (nSPS) is 13.7. The molecule has 4 heteroatoms. The maximum absolute atomic E-state index is 16.9. The highest BCUT2D eigenvalue weighted by Crippen LogP contribution is 2.61. The molecule has 0 radical (unpaired) electrons. The Bertz CT molecular complexity index is 3470. The van der Waals surface area contributed by atoms with Crippen molar-refractivity contribution in [3.05, 3.63) is 251 Å². The zero-order valence-corrected chi connectivity index (χ0v) is 40.3. The number of aryl methyl sites for hydroxylation is 2. The van der Waals surface area contributed by atoms with Crippen molar-refractivity contribution in [1.82, 2.24) is 0 Å². The van der Waals surface area contributed by atoms with Crippen molar-refractivity contribution in [2.75, 3.05) is 9.80 Å². The lowest BCUT2D eigenvalue weighted by Gasteiger charge is -2.29. The van der Waals surface area contributed by atoms with E-state index < -0.39 is 10.8 Å². The number of hydrogen-bond donors (Lipinski definition) is 0. The minimum atomic E-state index is -0.531. The van der Waals surface area contributed by atoms with Gasteiger partial charge in [0.05, 0.1) is 0 Å². The molecule has 2 aliphatic carbocycles. The van der Waals surface area contributed by atoms with E-state index in [9.17, 15) is 0 Å². The molecule has 10 aromatic carbocycles. The van der Waals surface area contributed by atoms with E-state index in [1.54, 1.807) is 24.3 Å². The van der Waals surface area contributed by atoms with Gasteiger partial charge in [0.25, 0.3) is 0 Å². The van der Waals surface area contributed by atoms with E-state index in [0.29, 0.717) is 11.1 Å². The van der Waals surface area contributed by atoms with E-state index in [4.69, 9.17) is 0 Å². The molecule has 340 valence electrons. The van der Waals surface area contributed by atoms with E-state index in [1.807, 2.05) is 36.4 Å². The lowest BCUT2D eigenvalue weighted by atomic mass is 9.76. The Balaban J connectivity index is 1.14. The summed E-state index contributed by atoms with van der Waals surface area (Å²) >= 11 is 0. The van der Waals surface area contributed by atoms with Crippen LogP contribution in [0.3, 0.4) is 0 Å². The Morgan fingerprint density at radius 1 is 0.314 bits per heavy atom. The first-order valence-corrected chi connectivity index (χ1v) is 24.2. The molecule has 2 aliphatic rings. The van der Waals surface area contributed by atoms with Crippen LogP contribution in [0, 0.1) is 25.5 Å². The molecule has 0 heterocycles. The average molecular weight is 911 g/mol. The molecule has 12 rings (SSSR count). The van der Waals surface area contributed by atoms with Crippen LogP contribution >= 0.6 is 0 Å². The van der Waals surface area contributed by atoms with Gasteiger partial charge >= 0.3 is 0 Å². The van der Waals surface area contributed by atoms with Gasteiger partial charge in [-0.2, -0.15) is 0 Å². The summed E-state index contributed by atoms with van der Waals surface area (Å²) in [6, 6.07) is 70.4. The predicted molar refractivity (Wildman–Crippen MR) is 289 cm³/mol. The summed E-state index contributed by atoms with van der Waals surface area (Å²) in [6.45, 7) is 13.4. The predicted octanol–water partition coefficient (Wildman–Crippen LogP) is 18.6. The second-order valence-electron chi connectivity index (χ2n) is 20.0. The highest BCUT2D eigenvalue weighted by Gasteiger charge is 2.43. The Kier molecular flexibility index (Phi) is 10.0. The Hall–Kier alpha value is -8.08. The van der Waals surface area contributed by atoms with Crippen LogP contribution in [0.4, 0.5) is 42.9 Å². The summed E-state index contributed by atoms with van der Waals surface area (Å²) < 4.78 is 33.8. The molecular weight excluding hydrogens is 859 g/mol. The van der Waals surface area contributed by atoms with Crippen LogP contribution in [0.1, 0.15) is 61.1 Å². The molecular formula is C66H52F2N2. The summed E-state index contributed by atoms with van der Waals surface area (Å²) in [5.41, 5.74) is 19.0. The molecule has 2 nitrogen and oxygen atoms in total. The number of benzene rings is 10. The Morgan fingerprint density at radius 3 is 1.06 bits per heavy atom. The van der Waals surface area contributed by atoms with Crippen molar-refractivity contribution in [2.24, 2.45) is 0 Å². The van der Waals surface area contributed by atoms with E-state index in [2.05, 4.69) is 197 Å². The average Bonchev–Trinajstić information content (AvgIpc) is 3.73. The number of halogens is 2. The van der Waals surface area contributed by atoms with Gasteiger partial charge in [0, 0.05) is 67.2 Å². The second-order valence-corrected chi connectivity index (χ2v) is 20.0. The molecule has 0 saturated carbocycles. The van der Waals surface area contributed by atoms with Crippen molar-refractivity contribution in [2.45, 2.75) is 52.4 Å². The van der Waals surface area contributed by atoms with Gasteiger partial charge in [-0.05, 0) is 165 Å². The first-order chi connectivity index (χ1) is 33.9. The minimum absolute atomic E-state index is 0.299. The third kappa shape index (κ3) is 6.57. The number of para-hydroxylation sites is 4. The summed E-state index contributed by atoms with van der Waals surface area (Å²) in [5.74, 6) is -0.598. The van der Waals surface area contributed by atoms with Gasteiger partial charge in [-0.3, -0.25) is 0 Å². The SMILES string of the molecule is Cc1ccccc1N(c1ccccc1)c1ccc2c(c1)C(C)(C)c1cc3c(-c4ccccc4F)c4c(cc3c(-c3ccccc3F)c1-2)C(C)(C)c1cc(N(c2ccccc2)c2ccccc2C)ccc1-4. The van der Waals surface area contributed by atoms with E-state index in [1.165, 1.54) is 0 Å². The van der Waals surface area contributed by atoms with Crippen LogP contribution in [0.2, 0.25) is 0 Å². The zero-order chi connectivity index (χ0) is 48.1. The molecule has 0 amide bonds. The Morgan fingerprint density at radius 2 is 0.671 bits per heavy atom. The number of rotatable bonds is 8. The fourth-order valence-electron chi connectivity index (χ4n) is 11.7. The van der Waals surface area contributed by atoms with Crippen LogP contribution in [-0.4, -0.2) is 0 Å². The lowest BCUT2D eigenvalue weighted by molar-refractivity contribution is 0.630.